The number of hydrogen-bond acceptors (Lipinski definition) is 4. The van der Waals surface area contributed by atoms with E-state index in [4.69, 9.17) is 4.74 Å². The molecule has 3 heterocycles. The minimum Gasteiger partial charge on any atom is -0.359 e. The van der Waals surface area contributed by atoms with Crippen molar-refractivity contribution in [3.05, 3.63) is 65.5 Å². The summed E-state index contributed by atoms with van der Waals surface area (Å²) in [5.74, 6) is 0.945. The summed E-state index contributed by atoms with van der Waals surface area (Å²) >= 11 is 0. The zero-order chi connectivity index (χ0) is 24.3. The predicted molar refractivity (Wildman–Crippen MR) is 140 cm³/mol. The Labute approximate surface area is 209 Å². The Balaban J connectivity index is 1.27. The Hall–Kier alpha value is -2.02. The number of allylic oxidation sites excluding steroid dienone is 1. The summed E-state index contributed by atoms with van der Waals surface area (Å²) in [7, 11) is -3.22. The highest BCUT2D eigenvalue weighted by Crippen LogP contribution is 2.59. The Bertz CT molecular complexity index is 1320. The molecule has 0 radical (unpaired) electrons. The van der Waals surface area contributed by atoms with Crippen molar-refractivity contribution in [2.24, 2.45) is 5.92 Å². The lowest BCUT2D eigenvalue weighted by molar-refractivity contribution is -0.110. The Morgan fingerprint density at radius 2 is 1.97 bits per heavy atom. The minimum atomic E-state index is -3.22. The molecule has 186 valence electrons. The fraction of sp³-hybridized carbons (Fsp3) is 0.552. The van der Waals surface area contributed by atoms with E-state index in [1.165, 1.54) is 33.7 Å². The first-order chi connectivity index (χ1) is 16.8. The summed E-state index contributed by atoms with van der Waals surface area (Å²) in [5, 5.41) is 2.46. The molecule has 1 N–H and O–H groups in total. The summed E-state index contributed by atoms with van der Waals surface area (Å²) in [6.45, 7) is 2.37. The van der Waals surface area contributed by atoms with Gasteiger partial charge >= 0.3 is 0 Å². The number of fused-ring (bicyclic) bond motifs is 1. The van der Waals surface area contributed by atoms with Gasteiger partial charge in [-0.1, -0.05) is 31.2 Å². The lowest BCUT2D eigenvalue weighted by Gasteiger charge is -2.48. The van der Waals surface area contributed by atoms with E-state index in [9.17, 15) is 8.42 Å². The third kappa shape index (κ3) is 4.17. The molecule has 1 saturated heterocycles. The van der Waals surface area contributed by atoms with Crippen LogP contribution in [-0.2, 0) is 14.8 Å². The monoisotopic (exact) mass is 492 g/mol. The summed E-state index contributed by atoms with van der Waals surface area (Å²) in [5.41, 5.74) is 3.65. The van der Waals surface area contributed by atoms with Crippen LogP contribution in [0.2, 0.25) is 0 Å². The van der Waals surface area contributed by atoms with Gasteiger partial charge < -0.3 is 4.74 Å². The minimum absolute atomic E-state index is 0.0405. The number of benzene rings is 1. The molecule has 2 aliphatic carbocycles. The number of hydrogen-bond donors (Lipinski definition) is 1. The van der Waals surface area contributed by atoms with Crippen LogP contribution in [-0.4, -0.2) is 36.9 Å². The molecule has 1 aromatic carbocycles. The van der Waals surface area contributed by atoms with E-state index in [0.29, 0.717) is 11.8 Å². The topological polar surface area (TPSA) is 68.3 Å². The van der Waals surface area contributed by atoms with Gasteiger partial charge in [-0.15, -0.1) is 0 Å². The lowest BCUT2D eigenvalue weighted by Crippen LogP contribution is -2.51. The summed E-state index contributed by atoms with van der Waals surface area (Å²) < 4.78 is 33.8. The lowest BCUT2D eigenvalue weighted by atomic mass is 9.74. The second kappa shape index (κ2) is 8.53. The second-order valence-corrected chi connectivity index (χ2v) is 13.2. The first-order valence-corrected chi connectivity index (χ1v) is 15.1. The Kier molecular flexibility index (Phi) is 5.70. The maximum absolute atomic E-state index is 11.9. The van der Waals surface area contributed by atoms with Crippen molar-refractivity contribution >= 4 is 20.8 Å². The molecule has 5 unspecified atom stereocenters. The SMILES string of the molecule is CC1CCC(c2ccc3ccncc3c2)CCC=C2C=C3CCC(NS(C)(=O)=O)CC34CCC21O4. The van der Waals surface area contributed by atoms with Crippen LogP contribution in [0.4, 0.5) is 0 Å². The maximum Gasteiger partial charge on any atom is 0.208 e. The van der Waals surface area contributed by atoms with E-state index >= 15 is 0 Å². The molecule has 1 saturated carbocycles. The van der Waals surface area contributed by atoms with E-state index < -0.39 is 10.0 Å². The van der Waals surface area contributed by atoms with Gasteiger partial charge in [0.15, 0.2) is 0 Å². The molecule has 2 aromatic rings. The molecule has 2 spiro atoms. The molecule has 6 heteroatoms. The molecule has 0 amide bonds. The van der Waals surface area contributed by atoms with Gasteiger partial charge in [-0.25, -0.2) is 13.1 Å². The van der Waals surface area contributed by atoms with Gasteiger partial charge in [0.05, 0.1) is 17.5 Å². The Morgan fingerprint density at radius 3 is 2.83 bits per heavy atom. The van der Waals surface area contributed by atoms with Crippen molar-refractivity contribution in [2.75, 3.05) is 6.26 Å². The highest BCUT2D eigenvalue weighted by atomic mass is 32.2. The summed E-state index contributed by atoms with van der Waals surface area (Å²) in [4.78, 5) is 4.32. The van der Waals surface area contributed by atoms with Crippen LogP contribution in [0.3, 0.4) is 0 Å². The molecule has 1 aromatic heterocycles. The molecule has 5 nitrogen and oxygen atoms in total. The van der Waals surface area contributed by atoms with Gasteiger partial charge in [0.1, 0.15) is 0 Å². The van der Waals surface area contributed by atoms with Crippen molar-refractivity contribution < 1.29 is 13.2 Å². The van der Waals surface area contributed by atoms with E-state index in [2.05, 4.69) is 53.0 Å². The number of ether oxygens (including phenoxy) is 1. The largest absolute Gasteiger partial charge is 0.359 e. The third-order valence-electron chi connectivity index (χ3n) is 9.16. The highest BCUT2D eigenvalue weighted by Gasteiger charge is 2.59. The van der Waals surface area contributed by atoms with Crippen molar-refractivity contribution in [3.8, 4) is 0 Å². The number of rotatable bonds is 3. The maximum atomic E-state index is 11.9. The normalized spacial score (nSPS) is 35.2. The molecule has 2 fully saturated rings. The fourth-order valence-corrected chi connectivity index (χ4v) is 8.15. The van der Waals surface area contributed by atoms with Gasteiger partial charge in [0, 0.05) is 23.8 Å². The molecule has 35 heavy (non-hydrogen) atoms. The number of nitrogens with zero attached hydrogens (tertiary/aromatic N) is 1. The quantitative estimate of drug-likeness (QED) is 0.589. The van der Waals surface area contributed by atoms with E-state index in [1.54, 1.807) is 0 Å². The molecular formula is C29H36N2O3S. The number of nitrogens with one attached hydrogen (secondary N) is 1. The molecule has 4 aliphatic rings. The molecular weight excluding hydrogens is 456 g/mol. The summed E-state index contributed by atoms with van der Waals surface area (Å²) in [6.07, 6.45) is 19.0. The Morgan fingerprint density at radius 1 is 1.09 bits per heavy atom. The fourth-order valence-electron chi connectivity index (χ4n) is 7.34. The highest BCUT2D eigenvalue weighted by molar-refractivity contribution is 7.88. The first-order valence-electron chi connectivity index (χ1n) is 13.2. The van der Waals surface area contributed by atoms with E-state index in [1.807, 2.05) is 12.4 Å². The third-order valence-corrected chi connectivity index (χ3v) is 9.92. The van der Waals surface area contributed by atoms with Crippen LogP contribution in [0.5, 0.6) is 0 Å². The van der Waals surface area contributed by atoms with E-state index in [0.717, 1.165) is 57.8 Å². The zero-order valence-corrected chi connectivity index (χ0v) is 21.6. The van der Waals surface area contributed by atoms with Gasteiger partial charge in [-0.3, -0.25) is 4.98 Å². The molecule has 2 bridgehead atoms. The summed E-state index contributed by atoms with van der Waals surface area (Å²) in [6, 6.07) is 8.91. The van der Waals surface area contributed by atoms with Gasteiger partial charge in [-0.2, -0.15) is 0 Å². The van der Waals surface area contributed by atoms with Crippen LogP contribution in [0.25, 0.3) is 10.8 Å². The predicted octanol–water partition coefficient (Wildman–Crippen LogP) is 5.78. The smallest absolute Gasteiger partial charge is 0.208 e. The van der Waals surface area contributed by atoms with Gasteiger partial charge in [-0.05, 0) is 104 Å². The van der Waals surface area contributed by atoms with Crippen molar-refractivity contribution in [3.63, 3.8) is 0 Å². The average Bonchev–Trinajstić information content (AvgIpc) is 3.17. The molecule has 5 atom stereocenters. The number of pyridine rings is 1. The van der Waals surface area contributed by atoms with Crippen molar-refractivity contribution in [1.82, 2.24) is 9.71 Å². The zero-order valence-electron chi connectivity index (χ0n) is 20.8. The van der Waals surface area contributed by atoms with Gasteiger partial charge in [0.2, 0.25) is 10.0 Å². The first kappa shape index (κ1) is 23.4. The van der Waals surface area contributed by atoms with Crippen LogP contribution in [0.15, 0.2) is 60.0 Å². The van der Waals surface area contributed by atoms with Crippen LogP contribution < -0.4 is 4.72 Å². The molecule has 6 rings (SSSR count). The van der Waals surface area contributed by atoms with E-state index in [-0.39, 0.29) is 17.2 Å². The van der Waals surface area contributed by atoms with Crippen LogP contribution in [0, 0.1) is 5.92 Å². The number of aromatic nitrogens is 1. The van der Waals surface area contributed by atoms with Gasteiger partial charge in [0.25, 0.3) is 0 Å². The number of sulfonamides is 1. The van der Waals surface area contributed by atoms with Crippen LogP contribution in [0.1, 0.15) is 76.2 Å². The molecule has 2 aliphatic heterocycles. The second-order valence-electron chi connectivity index (χ2n) is 11.4. The standard InChI is InChI=1S/C29H36N2O3S/c1-20-6-7-21(23-9-8-22-12-15-30-19-24(22)16-23)4-3-5-26-17-25-10-11-27(31-35(2,32)33)18-28(25)13-14-29(20,26)34-28/h5,8-9,12,15-17,19-21,27,31H,3-4,6-7,10-11,13-14,18H2,1-2H3. The van der Waals surface area contributed by atoms with Crippen molar-refractivity contribution in [2.45, 2.75) is 87.9 Å². The average molecular weight is 493 g/mol. The van der Waals surface area contributed by atoms with Crippen molar-refractivity contribution in [1.29, 1.82) is 0 Å². The van der Waals surface area contributed by atoms with Crippen LogP contribution >= 0.6 is 0 Å².